The lowest BCUT2D eigenvalue weighted by Crippen LogP contribution is -2.54. The summed E-state index contributed by atoms with van der Waals surface area (Å²) in [5.74, 6) is 1.75. The summed E-state index contributed by atoms with van der Waals surface area (Å²) >= 11 is 1.50. The van der Waals surface area contributed by atoms with Crippen LogP contribution in [-0.4, -0.2) is 10.9 Å². The van der Waals surface area contributed by atoms with Crippen molar-refractivity contribution in [2.24, 2.45) is 17.3 Å². The number of benzene rings is 1. The van der Waals surface area contributed by atoms with Crippen LogP contribution < -0.4 is 5.32 Å². The molecule has 1 heterocycles. The zero-order chi connectivity index (χ0) is 16.9. The van der Waals surface area contributed by atoms with E-state index in [9.17, 15) is 4.79 Å². The van der Waals surface area contributed by atoms with Gasteiger partial charge in [0.1, 0.15) is 0 Å². The molecule has 6 rings (SSSR count). The monoisotopic (exact) mass is 352 g/mol. The molecule has 130 valence electrons. The molecule has 4 heteroatoms. The SMILES string of the molecule is O=C(CC12CC3CC(C1)CC(c1ccccc1)(C3)C2)Nc1nccs1. The van der Waals surface area contributed by atoms with Gasteiger partial charge in [0.15, 0.2) is 5.13 Å². The van der Waals surface area contributed by atoms with Gasteiger partial charge in [0.05, 0.1) is 0 Å². The molecule has 4 aliphatic rings. The lowest BCUT2D eigenvalue weighted by Gasteiger charge is -2.62. The summed E-state index contributed by atoms with van der Waals surface area (Å²) in [5.41, 5.74) is 2.02. The molecule has 4 fully saturated rings. The molecule has 25 heavy (non-hydrogen) atoms. The summed E-state index contributed by atoms with van der Waals surface area (Å²) in [4.78, 5) is 16.9. The average Bonchev–Trinajstić information content (AvgIpc) is 3.06. The largest absolute Gasteiger partial charge is 0.302 e. The van der Waals surface area contributed by atoms with Crippen LogP contribution in [0.1, 0.15) is 50.5 Å². The van der Waals surface area contributed by atoms with Gasteiger partial charge in [-0.15, -0.1) is 11.3 Å². The number of aromatic nitrogens is 1. The van der Waals surface area contributed by atoms with E-state index in [1.807, 2.05) is 5.38 Å². The van der Waals surface area contributed by atoms with Crippen molar-refractivity contribution in [1.29, 1.82) is 0 Å². The molecule has 4 bridgehead atoms. The molecule has 0 spiro atoms. The average molecular weight is 353 g/mol. The minimum Gasteiger partial charge on any atom is -0.302 e. The first-order chi connectivity index (χ1) is 12.1. The van der Waals surface area contributed by atoms with Crippen molar-refractivity contribution >= 4 is 22.4 Å². The predicted octanol–water partition coefficient (Wildman–Crippen LogP) is 5.01. The lowest BCUT2D eigenvalue weighted by atomic mass is 9.42. The third-order valence-electron chi connectivity index (χ3n) is 6.78. The van der Waals surface area contributed by atoms with E-state index in [0.29, 0.717) is 11.8 Å². The van der Waals surface area contributed by atoms with Crippen LogP contribution in [0.2, 0.25) is 0 Å². The number of carbonyl (C=O) groups excluding carboxylic acids is 1. The van der Waals surface area contributed by atoms with E-state index in [1.54, 1.807) is 6.20 Å². The molecular weight excluding hydrogens is 328 g/mol. The minimum absolute atomic E-state index is 0.153. The van der Waals surface area contributed by atoms with Crippen molar-refractivity contribution < 1.29 is 4.79 Å². The number of anilines is 1. The highest BCUT2D eigenvalue weighted by Crippen LogP contribution is 2.66. The number of nitrogens with one attached hydrogen (secondary N) is 1. The molecule has 4 aliphatic carbocycles. The van der Waals surface area contributed by atoms with Gasteiger partial charge < -0.3 is 5.32 Å². The summed E-state index contributed by atoms with van der Waals surface area (Å²) in [6.07, 6.45) is 10.1. The summed E-state index contributed by atoms with van der Waals surface area (Å²) in [6, 6.07) is 11.1. The Kier molecular flexibility index (Phi) is 3.53. The fourth-order valence-corrected chi connectivity index (χ4v) is 7.12. The number of carbonyl (C=O) groups is 1. The van der Waals surface area contributed by atoms with Gasteiger partial charge in [-0.05, 0) is 66.8 Å². The maximum absolute atomic E-state index is 12.7. The van der Waals surface area contributed by atoms with E-state index >= 15 is 0 Å². The molecule has 0 aliphatic heterocycles. The number of thiazole rings is 1. The van der Waals surface area contributed by atoms with Gasteiger partial charge in [-0.1, -0.05) is 30.3 Å². The van der Waals surface area contributed by atoms with Crippen LogP contribution in [0.3, 0.4) is 0 Å². The second-order valence-electron chi connectivity index (χ2n) is 8.67. The van der Waals surface area contributed by atoms with Gasteiger partial charge in [0, 0.05) is 18.0 Å². The molecule has 2 atom stereocenters. The fraction of sp³-hybridized carbons (Fsp3) is 0.524. The van der Waals surface area contributed by atoms with Gasteiger partial charge >= 0.3 is 0 Å². The van der Waals surface area contributed by atoms with Gasteiger partial charge in [0.25, 0.3) is 0 Å². The molecule has 2 unspecified atom stereocenters. The van der Waals surface area contributed by atoms with Crippen molar-refractivity contribution in [3.8, 4) is 0 Å². The maximum atomic E-state index is 12.7. The fourth-order valence-electron chi connectivity index (χ4n) is 6.58. The van der Waals surface area contributed by atoms with Crippen LogP contribution in [0.25, 0.3) is 0 Å². The molecule has 1 aromatic carbocycles. The van der Waals surface area contributed by atoms with Crippen molar-refractivity contribution in [1.82, 2.24) is 4.98 Å². The maximum Gasteiger partial charge on any atom is 0.226 e. The number of nitrogens with zero attached hydrogens (tertiary/aromatic N) is 1. The second-order valence-corrected chi connectivity index (χ2v) is 9.56. The quantitative estimate of drug-likeness (QED) is 0.840. The normalized spacial score (nSPS) is 35.7. The first-order valence-corrected chi connectivity index (χ1v) is 10.3. The summed E-state index contributed by atoms with van der Waals surface area (Å²) < 4.78 is 0. The van der Waals surface area contributed by atoms with Crippen LogP contribution in [0, 0.1) is 17.3 Å². The Labute approximate surface area is 152 Å². The number of hydrogen-bond acceptors (Lipinski definition) is 3. The highest BCUT2D eigenvalue weighted by Gasteiger charge is 2.58. The van der Waals surface area contributed by atoms with Crippen molar-refractivity contribution in [3.05, 3.63) is 47.5 Å². The van der Waals surface area contributed by atoms with Gasteiger partial charge in [-0.2, -0.15) is 0 Å². The third-order valence-corrected chi connectivity index (χ3v) is 7.47. The van der Waals surface area contributed by atoms with E-state index in [4.69, 9.17) is 0 Å². The standard InChI is InChI=1S/C21H24N2OS/c24-18(23-19-22-6-7-25-19)13-20-9-15-8-16(10-20)12-21(11-15,14-20)17-4-2-1-3-5-17/h1-7,15-16H,8-14H2,(H,22,23,24). The Balaban J connectivity index is 1.41. The van der Waals surface area contributed by atoms with Crippen molar-refractivity contribution in [3.63, 3.8) is 0 Å². The van der Waals surface area contributed by atoms with E-state index in [2.05, 4.69) is 40.6 Å². The Bertz CT molecular complexity index is 756. The Morgan fingerprint density at radius 3 is 2.60 bits per heavy atom. The van der Waals surface area contributed by atoms with Crippen molar-refractivity contribution in [2.75, 3.05) is 5.32 Å². The topological polar surface area (TPSA) is 42.0 Å². The van der Waals surface area contributed by atoms with Crippen LogP contribution in [0.5, 0.6) is 0 Å². The molecule has 1 amide bonds. The van der Waals surface area contributed by atoms with Crippen LogP contribution >= 0.6 is 11.3 Å². The molecular formula is C21H24N2OS. The molecule has 3 nitrogen and oxygen atoms in total. The van der Waals surface area contributed by atoms with Crippen molar-refractivity contribution in [2.45, 2.75) is 50.4 Å². The molecule has 1 N–H and O–H groups in total. The van der Waals surface area contributed by atoms with Gasteiger partial charge in [-0.25, -0.2) is 4.98 Å². The number of amides is 1. The molecule has 1 aromatic heterocycles. The number of hydrogen-bond donors (Lipinski definition) is 1. The van der Waals surface area contributed by atoms with E-state index in [0.717, 1.165) is 17.0 Å². The first kappa shape index (κ1) is 15.6. The zero-order valence-electron chi connectivity index (χ0n) is 14.4. The molecule has 0 saturated heterocycles. The van der Waals surface area contributed by atoms with Crippen LogP contribution in [0.15, 0.2) is 41.9 Å². The van der Waals surface area contributed by atoms with E-state index < -0.39 is 0 Å². The summed E-state index contributed by atoms with van der Waals surface area (Å²) in [7, 11) is 0. The highest BCUT2D eigenvalue weighted by molar-refractivity contribution is 7.13. The number of rotatable bonds is 4. The zero-order valence-corrected chi connectivity index (χ0v) is 15.2. The molecule has 4 saturated carbocycles. The Morgan fingerprint density at radius 1 is 1.16 bits per heavy atom. The smallest absolute Gasteiger partial charge is 0.226 e. The Morgan fingerprint density at radius 2 is 1.92 bits per heavy atom. The predicted molar refractivity (Wildman–Crippen MR) is 101 cm³/mol. The van der Waals surface area contributed by atoms with Crippen LogP contribution in [0.4, 0.5) is 5.13 Å². The highest BCUT2D eigenvalue weighted by atomic mass is 32.1. The Hall–Kier alpha value is -1.68. The van der Waals surface area contributed by atoms with Crippen LogP contribution in [-0.2, 0) is 10.2 Å². The lowest BCUT2D eigenvalue weighted by molar-refractivity contribution is -0.126. The second kappa shape index (κ2) is 5.66. The van der Waals surface area contributed by atoms with E-state index in [-0.39, 0.29) is 11.3 Å². The van der Waals surface area contributed by atoms with Gasteiger partial charge in [-0.3, -0.25) is 4.79 Å². The first-order valence-electron chi connectivity index (χ1n) is 9.40. The van der Waals surface area contributed by atoms with Gasteiger partial charge in [0.2, 0.25) is 5.91 Å². The summed E-state index contributed by atoms with van der Waals surface area (Å²) in [6.45, 7) is 0. The third kappa shape index (κ3) is 2.71. The summed E-state index contributed by atoms with van der Waals surface area (Å²) in [5, 5.41) is 5.65. The minimum atomic E-state index is 0.153. The van der Waals surface area contributed by atoms with E-state index in [1.165, 1.54) is 55.4 Å². The molecule has 0 radical (unpaired) electrons. The molecule has 2 aromatic rings.